The Morgan fingerprint density at radius 1 is 1.08 bits per heavy atom. The maximum Gasteiger partial charge on any atom is 0.257 e. The number of carbonyl (C=O) groups is 1. The van der Waals surface area contributed by atoms with Gasteiger partial charge < -0.3 is 14.2 Å². The van der Waals surface area contributed by atoms with Gasteiger partial charge >= 0.3 is 0 Å². The Kier molecular flexibility index (Phi) is 5.20. The van der Waals surface area contributed by atoms with E-state index in [1.165, 1.54) is 32.7 Å². The molecule has 1 aromatic heterocycles. The minimum atomic E-state index is -0.327. The summed E-state index contributed by atoms with van der Waals surface area (Å²) in [5, 5.41) is 3.94. The third-order valence-corrected chi connectivity index (χ3v) is 4.93. The minimum absolute atomic E-state index is 0.327. The highest BCUT2D eigenvalue weighted by Crippen LogP contribution is 2.38. The molecule has 1 heterocycles. The minimum Gasteiger partial charge on any atom is -0.493 e. The van der Waals surface area contributed by atoms with E-state index >= 15 is 0 Å². The second-order valence-corrected chi connectivity index (χ2v) is 6.92. The number of rotatable bonds is 5. The van der Waals surface area contributed by atoms with E-state index in [0.29, 0.717) is 33.0 Å². The molecule has 0 aliphatic rings. The third-order valence-electron chi connectivity index (χ3n) is 3.80. The molecule has 1 N–H and O–H groups in total. The van der Waals surface area contributed by atoms with Crippen molar-refractivity contribution < 1.29 is 19.0 Å². The Bertz CT molecular complexity index is 962. The average molecular weight is 393 g/mol. The monoisotopic (exact) mass is 392 g/mol. The molecule has 3 rings (SSSR count). The molecule has 8 heteroatoms. The molecular formula is C18H17ClN2O4S. The number of anilines is 1. The molecule has 6 nitrogen and oxygen atoms in total. The van der Waals surface area contributed by atoms with Gasteiger partial charge in [-0.15, -0.1) is 0 Å². The molecule has 3 aromatic rings. The zero-order valence-electron chi connectivity index (χ0n) is 14.7. The number of hydrogen-bond acceptors (Lipinski definition) is 6. The smallest absolute Gasteiger partial charge is 0.257 e. The highest BCUT2D eigenvalue weighted by Gasteiger charge is 2.18. The van der Waals surface area contributed by atoms with Crippen LogP contribution in [0, 0.1) is 6.92 Å². The molecule has 0 atom stereocenters. The van der Waals surface area contributed by atoms with E-state index in [4.69, 9.17) is 25.8 Å². The van der Waals surface area contributed by atoms with Crippen LogP contribution in [0.15, 0.2) is 24.3 Å². The zero-order valence-corrected chi connectivity index (χ0v) is 16.2. The number of fused-ring (bicyclic) bond motifs is 1. The summed E-state index contributed by atoms with van der Waals surface area (Å²) in [5.41, 5.74) is 2.14. The summed E-state index contributed by atoms with van der Waals surface area (Å²) in [6, 6.07) is 6.85. The molecule has 2 aromatic carbocycles. The van der Waals surface area contributed by atoms with E-state index in [1.54, 1.807) is 12.1 Å². The number of methoxy groups -OCH3 is 3. The molecule has 0 aliphatic heterocycles. The topological polar surface area (TPSA) is 69.7 Å². The summed E-state index contributed by atoms with van der Waals surface area (Å²) in [6.45, 7) is 1.93. The molecule has 136 valence electrons. The summed E-state index contributed by atoms with van der Waals surface area (Å²) in [7, 11) is 4.51. The summed E-state index contributed by atoms with van der Waals surface area (Å²) in [4.78, 5) is 17.1. The summed E-state index contributed by atoms with van der Waals surface area (Å²) in [5.74, 6) is 0.914. The predicted molar refractivity (Wildman–Crippen MR) is 103 cm³/mol. The van der Waals surface area contributed by atoms with Gasteiger partial charge in [0.15, 0.2) is 16.6 Å². The van der Waals surface area contributed by atoms with Crippen molar-refractivity contribution in [1.82, 2.24) is 4.98 Å². The van der Waals surface area contributed by atoms with Crippen molar-refractivity contribution in [3.63, 3.8) is 0 Å². The quantitative estimate of drug-likeness (QED) is 0.690. The molecule has 0 saturated carbocycles. The van der Waals surface area contributed by atoms with E-state index in [0.717, 1.165) is 15.8 Å². The lowest BCUT2D eigenvalue weighted by molar-refractivity contribution is 0.102. The number of hydrogen-bond donors (Lipinski definition) is 1. The standard InChI is InChI=1S/C18H17ClN2O4S/c1-9-5-11(19)8-14-15(9)20-18(26-14)21-17(22)10-6-12(23-2)16(25-4)13(7-10)24-3/h5-8H,1-4H3,(H,20,21,22). The van der Waals surface area contributed by atoms with Gasteiger partial charge in [0, 0.05) is 10.6 Å². The molecule has 0 bridgehead atoms. The van der Waals surface area contributed by atoms with Crippen molar-refractivity contribution >= 4 is 44.2 Å². The van der Waals surface area contributed by atoms with Crippen LogP contribution >= 0.6 is 22.9 Å². The molecular weight excluding hydrogens is 376 g/mol. The molecule has 0 saturated heterocycles. The van der Waals surface area contributed by atoms with E-state index in [2.05, 4.69) is 10.3 Å². The number of amides is 1. The first-order valence-corrected chi connectivity index (χ1v) is 8.84. The summed E-state index contributed by atoms with van der Waals surface area (Å²) < 4.78 is 16.8. The highest BCUT2D eigenvalue weighted by molar-refractivity contribution is 7.22. The first-order valence-electron chi connectivity index (χ1n) is 7.65. The lowest BCUT2D eigenvalue weighted by atomic mass is 10.1. The zero-order chi connectivity index (χ0) is 18.8. The van der Waals surface area contributed by atoms with Crippen LogP contribution in [0.4, 0.5) is 5.13 Å². The SMILES string of the molecule is COc1cc(C(=O)Nc2nc3c(C)cc(Cl)cc3s2)cc(OC)c1OC. The van der Waals surface area contributed by atoms with Crippen LogP contribution < -0.4 is 19.5 Å². The molecule has 0 fully saturated rings. The fraction of sp³-hybridized carbons (Fsp3) is 0.222. The van der Waals surface area contributed by atoms with Crippen molar-refractivity contribution in [3.8, 4) is 17.2 Å². The molecule has 1 amide bonds. The Morgan fingerprint density at radius 2 is 1.73 bits per heavy atom. The van der Waals surface area contributed by atoms with Crippen molar-refractivity contribution in [3.05, 3.63) is 40.4 Å². The number of aryl methyl sites for hydroxylation is 1. The molecule has 0 unspecified atom stereocenters. The van der Waals surface area contributed by atoms with E-state index in [1.807, 2.05) is 19.1 Å². The number of thiazole rings is 1. The largest absolute Gasteiger partial charge is 0.493 e. The highest BCUT2D eigenvalue weighted by atomic mass is 35.5. The number of carbonyl (C=O) groups excluding carboxylic acids is 1. The third kappa shape index (κ3) is 3.40. The predicted octanol–water partition coefficient (Wildman–Crippen LogP) is 4.54. The van der Waals surface area contributed by atoms with Gasteiger partial charge in [0.1, 0.15) is 0 Å². The molecule has 0 aliphatic carbocycles. The lowest BCUT2D eigenvalue weighted by Gasteiger charge is -2.13. The van der Waals surface area contributed by atoms with Crippen LogP contribution in [-0.4, -0.2) is 32.2 Å². The Hall–Kier alpha value is -2.51. The average Bonchev–Trinajstić information content (AvgIpc) is 3.02. The molecule has 0 spiro atoms. The van der Waals surface area contributed by atoms with E-state index in [9.17, 15) is 4.79 Å². The van der Waals surface area contributed by atoms with Gasteiger partial charge in [0.2, 0.25) is 5.75 Å². The lowest BCUT2D eigenvalue weighted by Crippen LogP contribution is -2.12. The van der Waals surface area contributed by atoms with Crippen LogP contribution in [-0.2, 0) is 0 Å². The number of benzene rings is 2. The number of aromatic nitrogens is 1. The number of ether oxygens (including phenoxy) is 3. The Labute approximate surface area is 159 Å². The fourth-order valence-electron chi connectivity index (χ4n) is 2.59. The fourth-order valence-corrected chi connectivity index (χ4v) is 3.90. The summed E-state index contributed by atoms with van der Waals surface area (Å²) in [6.07, 6.45) is 0. The van der Waals surface area contributed by atoms with E-state index < -0.39 is 0 Å². The van der Waals surface area contributed by atoms with E-state index in [-0.39, 0.29) is 5.91 Å². The number of nitrogens with one attached hydrogen (secondary N) is 1. The Balaban J connectivity index is 1.94. The van der Waals surface area contributed by atoms with Gasteiger partial charge in [-0.1, -0.05) is 22.9 Å². The van der Waals surface area contributed by atoms with Crippen molar-refractivity contribution in [1.29, 1.82) is 0 Å². The van der Waals surface area contributed by atoms with Crippen LogP contribution in [0.3, 0.4) is 0 Å². The summed E-state index contributed by atoms with van der Waals surface area (Å²) >= 11 is 7.44. The first kappa shape index (κ1) is 18.3. The van der Waals surface area contributed by atoms with Crippen LogP contribution in [0.2, 0.25) is 5.02 Å². The van der Waals surface area contributed by atoms with Gasteiger partial charge in [0.05, 0.1) is 31.5 Å². The Morgan fingerprint density at radius 3 is 2.31 bits per heavy atom. The van der Waals surface area contributed by atoms with Gasteiger partial charge in [-0.05, 0) is 36.8 Å². The van der Waals surface area contributed by atoms with Gasteiger partial charge in [0.25, 0.3) is 5.91 Å². The maximum atomic E-state index is 12.7. The first-order chi connectivity index (χ1) is 12.5. The van der Waals surface area contributed by atoms with Crippen molar-refractivity contribution in [2.75, 3.05) is 26.6 Å². The second kappa shape index (κ2) is 7.39. The molecule has 26 heavy (non-hydrogen) atoms. The van der Waals surface area contributed by atoms with Crippen molar-refractivity contribution in [2.24, 2.45) is 0 Å². The molecule has 0 radical (unpaired) electrons. The van der Waals surface area contributed by atoms with Crippen LogP contribution in [0.25, 0.3) is 10.2 Å². The van der Waals surface area contributed by atoms with Gasteiger partial charge in [-0.3, -0.25) is 10.1 Å². The van der Waals surface area contributed by atoms with Crippen LogP contribution in [0.1, 0.15) is 15.9 Å². The maximum absolute atomic E-state index is 12.7. The van der Waals surface area contributed by atoms with Crippen molar-refractivity contribution in [2.45, 2.75) is 6.92 Å². The van der Waals surface area contributed by atoms with Gasteiger partial charge in [-0.2, -0.15) is 0 Å². The van der Waals surface area contributed by atoms with Crippen LogP contribution in [0.5, 0.6) is 17.2 Å². The normalized spacial score (nSPS) is 10.7. The van der Waals surface area contributed by atoms with Gasteiger partial charge in [-0.25, -0.2) is 4.98 Å². The number of halogens is 1. The second-order valence-electron chi connectivity index (χ2n) is 5.46. The number of nitrogens with zero attached hydrogens (tertiary/aromatic N) is 1.